The van der Waals surface area contributed by atoms with E-state index in [-0.39, 0.29) is 19.1 Å². The largest absolute Gasteiger partial charge is 0.395 e. The van der Waals surface area contributed by atoms with E-state index in [0.717, 1.165) is 17.2 Å². The highest BCUT2D eigenvalue weighted by Gasteiger charge is 2.40. The molecule has 2 fully saturated rings. The van der Waals surface area contributed by atoms with Crippen molar-refractivity contribution < 1.29 is 18.7 Å². The zero-order valence-electron chi connectivity index (χ0n) is 10.5. The smallest absolute Gasteiger partial charge is 0.255 e. The van der Waals surface area contributed by atoms with Gasteiger partial charge < -0.3 is 10.0 Å². The van der Waals surface area contributed by atoms with E-state index in [1.165, 1.54) is 19.3 Å². The Hall–Kier alpha value is -0.710. The van der Waals surface area contributed by atoms with Gasteiger partial charge in [0.25, 0.3) is 6.43 Å². The number of aliphatic hydroxyl groups is 1. The highest BCUT2D eigenvalue weighted by molar-refractivity contribution is 5.76. The molecular formula is C13H21F2NO2. The van der Waals surface area contributed by atoms with E-state index >= 15 is 0 Å². The Kier molecular flexibility index (Phi) is 4.54. The van der Waals surface area contributed by atoms with Crippen molar-refractivity contribution in [2.24, 2.45) is 17.8 Å². The first-order valence-corrected chi connectivity index (χ1v) is 6.77. The van der Waals surface area contributed by atoms with Gasteiger partial charge in [0.2, 0.25) is 5.91 Å². The second-order valence-electron chi connectivity index (χ2n) is 5.59. The van der Waals surface area contributed by atoms with Crippen LogP contribution in [0.25, 0.3) is 0 Å². The average molecular weight is 261 g/mol. The van der Waals surface area contributed by atoms with Crippen LogP contribution in [0, 0.1) is 17.8 Å². The van der Waals surface area contributed by atoms with Crippen LogP contribution in [0.5, 0.6) is 0 Å². The summed E-state index contributed by atoms with van der Waals surface area (Å²) in [5.41, 5.74) is 0. The van der Waals surface area contributed by atoms with Crippen molar-refractivity contribution in [3.8, 4) is 0 Å². The van der Waals surface area contributed by atoms with Crippen LogP contribution in [0.3, 0.4) is 0 Å². The number of rotatable bonds is 6. The third-order valence-electron chi connectivity index (χ3n) is 4.40. The Bertz CT molecular complexity index is 299. The van der Waals surface area contributed by atoms with Gasteiger partial charge in [-0.3, -0.25) is 4.79 Å². The van der Waals surface area contributed by atoms with Gasteiger partial charge in [0.05, 0.1) is 13.2 Å². The van der Waals surface area contributed by atoms with Gasteiger partial charge in [0.15, 0.2) is 0 Å². The molecule has 2 bridgehead atoms. The van der Waals surface area contributed by atoms with Crippen LogP contribution in [0.2, 0.25) is 0 Å². The van der Waals surface area contributed by atoms with Gasteiger partial charge in [-0.2, -0.15) is 0 Å². The van der Waals surface area contributed by atoms with Crippen molar-refractivity contribution in [2.45, 2.75) is 38.5 Å². The molecule has 2 saturated carbocycles. The zero-order valence-corrected chi connectivity index (χ0v) is 10.5. The average Bonchev–Trinajstić information content (AvgIpc) is 2.89. The summed E-state index contributed by atoms with van der Waals surface area (Å²) in [6.07, 6.45) is 2.61. The molecule has 0 saturated heterocycles. The fourth-order valence-corrected chi connectivity index (χ4v) is 3.58. The lowest BCUT2D eigenvalue weighted by Gasteiger charge is -2.26. The molecule has 2 aliphatic rings. The van der Waals surface area contributed by atoms with E-state index in [9.17, 15) is 13.6 Å². The molecule has 5 heteroatoms. The Morgan fingerprint density at radius 2 is 2.11 bits per heavy atom. The van der Waals surface area contributed by atoms with Crippen LogP contribution in [-0.2, 0) is 4.79 Å². The molecule has 18 heavy (non-hydrogen) atoms. The predicted molar refractivity (Wildman–Crippen MR) is 63.2 cm³/mol. The number of aliphatic hydroxyl groups excluding tert-OH is 1. The second-order valence-corrected chi connectivity index (χ2v) is 5.59. The third kappa shape index (κ3) is 3.19. The SMILES string of the molecule is O=C(CC1CC2CCC1C2)N(CCO)CC(F)F. The number of amides is 1. The van der Waals surface area contributed by atoms with Crippen molar-refractivity contribution in [2.75, 3.05) is 19.7 Å². The van der Waals surface area contributed by atoms with E-state index in [1.54, 1.807) is 0 Å². The summed E-state index contributed by atoms with van der Waals surface area (Å²) in [6, 6.07) is 0. The van der Waals surface area contributed by atoms with Crippen LogP contribution in [0.15, 0.2) is 0 Å². The molecule has 3 atom stereocenters. The van der Waals surface area contributed by atoms with Crippen LogP contribution < -0.4 is 0 Å². The summed E-state index contributed by atoms with van der Waals surface area (Å²) in [6.45, 7) is -0.792. The molecule has 3 unspecified atom stereocenters. The molecule has 0 spiro atoms. The maximum absolute atomic E-state index is 12.4. The van der Waals surface area contributed by atoms with E-state index in [1.807, 2.05) is 0 Å². The highest BCUT2D eigenvalue weighted by atomic mass is 19.3. The molecule has 2 rings (SSSR count). The first kappa shape index (κ1) is 13.7. The summed E-state index contributed by atoms with van der Waals surface area (Å²) in [7, 11) is 0. The van der Waals surface area contributed by atoms with Crippen molar-refractivity contribution in [3.05, 3.63) is 0 Å². The monoisotopic (exact) mass is 261 g/mol. The molecule has 0 aromatic heterocycles. The minimum absolute atomic E-state index is 0.0178. The van der Waals surface area contributed by atoms with Crippen molar-refractivity contribution >= 4 is 5.91 Å². The molecule has 104 valence electrons. The number of carbonyl (C=O) groups is 1. The lowest BCUT2D eigenvalue weighted by atomic mass is 9.86. The van der Waals surface area contributed by atoms with Crippen LogP contribution >= 0.6 is 0 Å². The summed E-state index contributed by atoms with van der Waals surface area (Å²) in [5, 5.41) is 8.83. The molecule has 3 nitrogen and oxygen atoms in total. The van der Waals surface area contributed by atoms with Crippen molar-refractivity contribution in [1.29, 1.82) is 0 Å². The summed E-state index contributed by atoms with van der Waals surface area (Å²) >= 11 is 0. The minimum atomic E-state index is -2.53. The topological polar surface area (TPSA) is 40.5 Å². The van der Waals surface area contributed by atoms with E-state index in [2.05, 4.69) is 0 Å². The zero-order chi connectivity index (χ0) is 13.1. The molecule has 2 aliphatic carbocycles. The fourth-order valence-electron chi connectivity index (χ4n) is 3.58. The number of halogens is 2. The molecular weight excluding hydrogens is 240 g/mol. The summed E-state index contributed by atoms with van der Waals surface area (Å²) < 4.78 is 24.7. The molecule has 1 amide bonds. The highest BCUT2D eigenvalue weighted by Crippen LogP contribution is 2.49. The lowest BCUT2D eigenvalue weighted by Crippen LogP contribution is -2.38. The van der Waals surface area contributed by atoms with E-state index in [0.29, 0.717) is 18.3 Å². The lowest BCUT2D eigenvalue weighted by molar-refractivity contribution is -0.135. The Morgan fingerprint density at radius 3 is 2.61 bits per heavy atom. The van der Waals surface area contributed by atoms with Crippen LogP contribution in [0.4, 0.5) is 8.78 Å². The summed E-state index contributed by atoms with van der Waals surface area (Å²) in [5.74, 6) is 1.55. The quantitative estimate of drug-likeness (QED) is 0.793. The van der Waals surface area contributed by atoms with E-state index < -0.39 is 13.0 Å². The first-order valence-electron chi connectivity index (χ1n) is 6.77. The Labute approximate surface area is 106 Å². The molecule has 1 N–H and O–H groups in total. The maximum Gasteiger partial charge on any atom is 0.255 e. The number of hydrogen-bond donors (Lipinski definition) is 1. The molecule has 0 radical (unpaired) electrons. The van der Waals surface area contributed by atoms with Gasteiger partial charge in [0, 0.05) is 13.0 Å². The van der Waals surface area contributed by atoms with Gasteiger partial charge in [-0.25, -0.2) is 8.78 Å². The van der Waals surface area contributed by atoms with Gasteiger partial charge >= 0.3 is 0 Å². The van der Waals surface area contributed by atoms with Gasteiger partial charge in [0.1, 0.15) is 0 Å². The van der Waals surface area contributed by atoms with Gasteiger partial charge in [-0.15, -0.1) is 0 Å². The second kappa shape index (κ2) is 5.95. The normalized spacial score (nSPS) is 30.1. The Balaban J connectivity index is 1.84. The van der Waals surface area contributed by atoms with Crippen molar-refractivity contribution in [1.82, 2.24) is 4.90 Å². The predicted octanol–water partition coefficient (Wildman–Crippen LogP) is 1.90. The van der Waals surface area contributed by atoms with Gasteiger partial charge in [-0.05, 0) is 37.0 Å². The minimum Gasteiger partial charge on any atom is -0.395 e. The van der Waals surface area contributed by atoms with Crippen LogP contribution in [-0.4, -0.2) is 42.0 Å². The molecule has 0 aromatic rings. The Morgan fingerprint density at radius 1 is 1.33 bits per heavy atom. The number of carbonyl (C=O) groups excluding carboxylic acids is 1. The molecule has 0 aromatic carbocycles. The maximum atomic E-state index is 12.4. The molecule has 0 aliphatic heterocycles. The molecule has 0 heterocycles. The van der Waals surface area contributed by atoms with Crippen molar-refractivity contribution in [3.63, 3.8) is 0 Å². The fraction of sp³-hybridized carbons (Fsp3) is 0.923. The standard InChI is InChI=1S/C13H21F2NO2/c14-12(15)8-16(3-4-17)13(18)7-11-6-9-1-2-10(11)5-9/h9-12,17H,1-8H2. The number of hydrogen-bond acceptors (Lipinski definition) is 2. The number of nitrogens with zero attached hydrogens (tertiary/aromatic N) is 1. The number of alkyl halides is 2. The number of fused-ring (bicyclic) bond motifs is 2. The van der Waals surface area contributed by atoms with Gasteiger partial charge in [-0.1, -0.05) is 6.42 Å². The van der Waals surface area contributed by atoms with E-state index in [4.69, 9.17) is 5.11 Å². The first-order chi connectivity index (χ1) is 8.60. The third-order valence-corrected chi connectivity index (χ3v) is 4.40. The van der Waals surface area contributed by atoms with Crippen LogP contribution in [0.1, 0.15) is 32.1 Å². The summed E-state index contributed by atoms with van der Waals surface area (Å²) in [4.78, 5) is 13.1.